The van der Waals surface area contributed by atoms with Gasteiger partial charge < -0.3 is 14.6 Å². The highest BCUT2D eigenvalue weighted by atomic mass is 16.5. The monoisotopic (exact) mass is 504 g/mol. The van der Waals surface area contributed by atoms with E-state index in [2.05, 4.69) is 97.1 Å². The Hall–Kier alpha value is -3.56. The number of hydrogen-bond donors (Lipinski definition) is 1. The Bertz CT molecular complexity index is 1320. The van der Waals surface area contributed by atoms with E-state index in [-0.39, 0.29) is 12.5 Å². The molecule has 3 heteroatoms. The largest absolute Gasteiger partial charge is 0.493 e. The Labute approximate surface area is 226 Å². The predicted molar refractivity (Wildman–Crippen MR) is 152 cm³/mol. The highest BCUT2D eigenvalue weighted by Gasteiger charge is 2.37. The molecule has 38 heavy (non-hydrogen) atoms. The van der Waals surface area contributed by atoms with Gasteiger partial charge in [0.1, 0.15) is 18.1 Å². The molecule has 0 saturated heterocycles. The number of hydrogen-bond acceptors (Lipinski definition) is 3. The smallest absolute Gasteiger partial charge is 0.120 e. The Balaban J connectivity index is 1.22. The number of benzene rings is 4. The fraction of sp³-hybridized carbons (Fsp3) is 0.314. The third-order valence-corrected chi connectivity index (χ3v) is 8.32. The Morgan fingerprint density at radius 1 is 0.711 bits per heavy atom. The molecule has 2 aliphatic carbocycles. The zero-order valence-corrected chi connectivity index (χ0v) is 21.8. The van der Waals surface area contributed by atoms with Crippen molar-refractivity contribution in [3.05, 3.63) is 131 Å². The van der Waals surface area contributed by atoms with Gasteiger partial charge in [-0.25, -0.2) is 0 Å². The summed E-state index contributed by atoms with van der Waals surface area (Å²) in [6.07, 6.45) is 4.22. The van der Waals surface area contributed by atoms with Crippen molar-refractivity contribution in [3.8, 4) is 11.5 Å². The minimum Gasteiger partial charge on any atom is -0.493 e. The molecule has 3 nitrogen and oxygen atoms in total. The van der Waals surface area contributed by atoms with Crippen LogP contribution in [-0.4, -0.2) is 18.3 Å². The van der Waals surface area contributed by atoms with E-state index >= 15 is 0 Å². The van der Waals surface area contributed by atoms with Crippen molar-refractivity contribution in [2.45, 2.75) is 44.1 Å². The summed E-state index contributed by atoms with van der Waals surface area (Å²) in [4.78, 5) is 0. The molecular formula is C35H36O3. The first kappa shape index (κ1) is 24.8. The zero-order chi connectivity index (χ0) is 25.7. The highest BCUT2D eigenvalue weighted by Crippen LogP contribution is 2.47. The maximum absolute atomic E-state index is 9.15. The number of aryl methyl sites for hydroxylation is 1. The van der Waals surface area contributed by atoms with E-state index in [1.807, 2.05) is 6.07 Å². The van der Waals surface area contributed by atoms with Gasteiger partial charge in [0.25, 0.3) is 0 Å². The van der Waals surface area contributed by atoms with Gasteiger partial charge in [0, 0.05) is 12.5 Å². The summed E-state index contributed by atoms with van der Waals surface area (Å²) in [7, 11) is 0. The molecule has 0 bridgehead atoms. The summed E-state index contributed by atoms with van der Waals surface area (Å²) in [6.45, 7) is 1.61. The fourth-order valence-electron chi connectivity index (χ4n) is 6.11. The van der Waals surface area contributed by atoms with Gasteiger partial charge >= 0.3 is 0 Å². The van der Waals surface area contributed by atoms with E-state index in [0.29, 0.717) is 24.4 Å². The third-order valence-electron chi connectivity index (χ3n) is 8.32. The summed E-state index contributed by atoms with van der Waals surface area (Å²) in [5.41, 5.74) is 6.69. The number of fused-ring (bicyclic) bond motifs is 1. The molecule has 2 aliphatic rings. The summed E-state index contributed by atoms with van der Waals surface area (Å²) in [5, 5.41) is 9.15. The molecule has 0 radical (unpaired) electrons. The molecule has 2 unspecified atom stereocenters. The maximum atomic E-state index is 9.15. The topological polar surface area (TPSA) is 38.7 Å². The molecule has 194 valence electrons. The van der Waals surface area contributed by atoms with Crippen molar-refractivity contribution >= 4 is 0 Å². The summed E-state index contributed by atoms with van der Waals surface area (Å²) in [6, 6.07) is 36.7. The van der Waals surface area contributed by atoms with Gasteiger partial charge in [0.05, 0.1) is 6.61 Å². The summed E-state index contributed by atoms with van der Waals surface area (Å²) < 4.78 is 12.3. The Kier molecular flexibility index (Phi) is 7.46. The van der Waals surface area contributed by atoms with Crippen LogP contribution in [0.3, 0.4) is 0 Å². The van der Waals surface area contributed by atoms with E-state index in [9.17, 15) is 0 Å². The SMILES string of the molecule is OCCC1CC1COc1ccc([C@@H]2c3ccc(OCc4ccccc4)cc3CC[C@@H]2c2ccccc2)cc1. The molecule has 1 N–H and O–H groups in total. The van der Waals surface area contributed by atoms with E-state index in [1.165, 1.54) is 34.2 Å². The molecule has 0 amide bonds. The van der Waals surface area contributed by atoms with E-state index in [1.54, 1.807) is 0 Å². The average molecular weight is 505 g/mol. The van der Waals surface area contributed by atoms with Crippen molar-refractivity contribution < 1.29 is 14.6 Å². The molecule has 1 saturated carbocycles. The van der Waals surface area contributed by atoms with Crippen LogP contribution >= 0.6 is 0 Å². The Morgan fingerprint density at radius 3 is 2.21 bits per heavy atom. The maximum Gasteiger partial charge on any atom is 0.120 e. The summed E-state index contributed by atoms with van der Waals surface area (Å²) in [5.74, 6) is 3.81. The molecule has 1 fully saturated rings. The lowest BCUT2D eigenvalue weighted by Crippen LogP contribution is -2.20. The molecule has 0 heterocycles. The molecule has 0 spiro atoms. The van der Waals surface area contributed by atoms with Gasteiger partial charge in [-0.05, 0) is 95.5 Å². The molecule has 4 aromatic rings. The van der Waals surface area contributed by atoms with Crippen LogP contribution in [0.25, 0.3) is 0 Å². The first-order chi connectivity index (χ1) is 18.8. The van der Waals surface area contributed by atoms with Crippen molar-refractivity contribution in [3.63, 3.8) is 0 Å². The van der Waals surface area contributed by atoms with Crippen LogP contribution in [-0.2, 0) is 13.0 Å². The second kappa shape index (κ2) is 11.4. The molecular weight excluding hydrogens is 468 g/mol. The number of ether oxygens (including phenoxy) is 2. The van der Waals surface area contributed by atoms with Crippen molar-refractivity contribution in [2.75, 3.05) is 13.2 Å². The van der Waals surface area contributed by atoms with Gasteiger partial charge in [-0.1, -0.05) is 78.9 Å². The quantitative estimate of drug-likeness (QED) is 0.243. The second-order valence-electron chi connectivity index (χ2n) is 10.8. The van der Waals surface area contributed by atoms with Gasteiger partial charge in [-0.2, -0.15) is 0 Å². The fourth-order valence-corrected chi connectivity index (χ4v) is 6.11. The third kappa shape index (κ3) is 5.63. The Morgan fingerprint density at radius 2 is 1.45 bits per heavy atom. The molecule has 4 atom stereocenters. The van der Waals surface area contributed by atoms with Crippen molar-refractivity contribution in [1.82, 2.24) is 0 Å². The molecule has 6 rings (SSSR count). The van der Waals surface area contributed by atoms with Gasteiger partial charge in [0.2, 0.25) is 0 Å². The lowest BCUT2D eigenvalue weighted by Gasteiger charge is -2.35. The normalized spacial score (nSPS) is 21.9. The number of rotatable bonds is 10. The first-order valence-electron chi connectivity index (χ1n) is 14.0. The highest BCUT2D eigenvalue weighted by molar-refractivity contribution is 5.48. The van der Waals surface area contributed by atoms with Crippen molar-refractivity contribution in [1.29, 1.82) is 0 Å². The number of aliphatic hydroxyl groups excluding tert-OH is 1. The molecule has 4 aromatic carbocycles. The molecule has 0 aliphatic heterocycles. The summed E-state index contributed by atoms with van der Waals surface area (Å²) >= 11 is 0. The van der Waals surface area contributed by atoms with E-state index in [4.69, 9.17) is 14.6 Å². The van der Waals surface area contributed by atoms with Gasteiger partial charge in [-0.15, -0.1) is 0 Å². The second-order valence-corrected chi connectivity index (χ2v) is 10.8. The van der Waals surface area contributed by atoms with Crippen LogP contribution in [0.15, 0.2) is 103 Å². The lowest BCUT2D eigenvalue weighted by atomic mass is 9.69. The van der Waals surface area contributed by atoms with Gasteiger partial charge in [-0.3, -0.25) is 0 Å². The lowest BCUT2D eigenvalue weighted by molar-refractivity contribution is 0.259. The molecule has 0 aromatic heterocycles. The minimum atomic E-state index is 0.280. The zero-order valence-electron chi connectivity index (χ0n) is 21.8. The van der Waals surface area contributed by atoms with E-state index in [0.717, 1.165) is 37.4 Å². The van der Waals surface area contributed by atoms with Crippen molar-refractivity contribution in [2.24, 2.45) is 11.8 Å². The standard InChI is InChI=1S/C35H36O3/c36-20-19-28-21-30(28)24-38-31-14-11-27(12-15-31)35-33(26-9-5-2-6-10-26)17-13-29-22-32(16-18-34(29)35)37-23-25-7-3-1-4-8-25/h1-12,14-16,18,22,28,30,33,35-36H,13,17,19-21,23-24H2/t28?,30?,33-,35+/m1/s1. The average Bonchev–Trinajstić information content (AvgIpc) is 3.73. The van der Waals surface area contributed by atoms with Crippen LogP contribution < -0.4 is 9.47 Å². The van der Waals surface area contributed by atoms with Gasteiger partial charge in [0.15, 0.2) is 0 Å². The van der Waals surface area contributed by atoms with Crippen LogP contribution in [0.4, 0.5) is 0 Å². The van der Waals surface area contributed by atoms with E-state index < -0.39 is 0 Å². The predicted octanol–water partition coefficient (Wildman–Crippen LogP) is 7.52. The van der Waals surface area contributed by atoms with Crippen LogP contribution in [0.1, 0.15) is 58.9 Å². The van der Waals surface area contributed by atoms with Crippen LogP contribution in [0.2, 0.25) is 0 Å². The first-order valence-corrected chi connectivity index (χ1v) is 14.0. The number of aliphatic hydroxyl groups is 1. The minimum absolute atomic E-state index is 0.280. The van der Waals surface area contributed by atoms with Crippen LogP contribution in [0, 0.1) is 11.8 Å². The van der Waals surface area contributed by atoms with Crippen LogP contribution in [0.5, 0.6) is 11.5 Å².